The maximum atomic E-state index is 12.8. The molecular weight excluding hydrogens is 947 g/mol. The normalized spacial score (nSPS) is 10.8. The van der Waals surface area contributed by atoms with E-state index in [1.807, 2.05) is 145 Å². The van der Waals surface area contributed by atoms with E-state index in [0.717, 1.165) is 35.9 Å². The van der Waals surface area contributed by atoms with Crippen LogP contribution in [0.3, 0.4) is 0 Å². The summed E-state index contributed by atoms with van der Waals surface area (Å²) in [5.41, 5.74) is -1.44. The number of halogens is 1. The van der Waals surface area contributed by atoms with Gasteiger partial charge in [0.2, 0.25) is 0 Å². The van der Waals surface area contributed by atoms with E-state index >= 15 is 0 Å². The fourth-order valence-electron chi connectivity index (χ4n) is 4.45. The molecule has 11 nitrogen and oxygen atoms in total. The van der Waals surface area contributed by atoms with Gasteiger partial charge >= 0.3 is 63.3 Å². The predicted molar refractivity (Wildman–Crippen MR) is 258 cm³/mol. The van der Waals surface area contributed by atoms with Gasteiger partial charge < -0.3 is 29.0 Å². The third kappa shape index (κ3) is 24.4. The number of nitrogens with one attached hydrogen (secondary N) is 1. The SMILES string of the molecule is CC(C)(C)[O-].COc1ccc(Sc2ccc(Cl)nc2C(=O)OC(C)(C)C)cc1.COc1ccc(Sc2ccc(Sc3ccccn3)nc2C(=O)OC(C)(C)C)cc1.S=c1cccc[nH]1.[K+]. The molecule has 0 fully saturated rings. The predicted octanol–water partition coefficient (Wildman–Crippen LogP) is 9.49. The van der Waals surface area contributed by atoms with Gasteiger partial charge in [-0.1, -0.05) is 92.0 Å². The Hall–Kier alpha value is -3.26. The van der Waals surface area contributed by atoms with Gasteiger partial charge in [-0.3, -0.25) is 0 Å². The second-order valence-electron chi connectivity index (χ2n) is 16.1. The van der Waals surface area contributed by atoms with Crippen molar-refractivity contribution in [1.82, 2.24) is 19.9 Å². The first kappa shape index (κ1) is 57.9. The second-order valence-corrected chi connectivity index (χ2v) is 20.2. The van der Waals surface area contributed by atoms with Crippen molar-refractivity contribution in [3.8, 4) is 11.5 Å². The van der Waals surface area contributed by atoms with E-state index in [2.05, 4.69) is 19.9 Å². The summed E-state index contributed by atoms with van der Waals surface area (Å²) in [4.78, 5) is 44.4. The zero-order chi connectivity index (χ0) is 47.5. The number of esters is 2. The Labute approximate surface area is 448 Å². The zero-order valence-corrected chi connectivity index (χ0v) is 45.9. The number of nitrogens with zero attached hydrogens (tertiary/aromatic N) is 3. The summed E-state index contributed by atoms with van der Waals surface area (Å²) in [6, 6.07) is 33.7. The number of methoxy groups -OCH3 is 2. The van der Waals surface area contributed by atoms with E-state index in [-0.39, 0.29) is 62.2 Å². The number of carbonyl (C=O) groups excluding carboxylic acids is 2. The monoisotopic (exact) mass is 1000 g/mol. The van der Waals surface area contributed by atoms with Gasteiger partial charge in [0.05, 0.1) is 14.2 Å². The molecule has 0 unspecified atom stereocenters. The van der Waals surface area contributed by atoms with Crippen LogP contribution in [0.1, 0.15) is 83.3 Å². The van der Waals surface area contributed by atoms with Crippen LogP contribution < -0.4 is 66.0 Å². The van der Waals surface area contributed by atoms with Gasteiger partial charge in [-0.15, -0.1) is 5.60 Å². The minimum absolute atomic E-state index is 0. The number of H-pyrrole nitrogens is 1. The Bertz CT molecular complexity index is 2420. The number of ether oxygens (including phenoxy) is 4. The molecule has 340 valence electrons. The first-order chi connectivity index (χ1) is 30.0. The third-order valence-electron chi connectivity index (χ3n) is 6.94. The molecule has 4 heterocycles. The number of carbonyl (C=O) groups is 2. The molecule has 0 aliphatic heterocycles. The van der Waals surface area contributed by atoms with Gasteiger partial charge in [0.15, 0.2) is 11.4 Å². The van der Waals surface area contributed by atoms with E-state index in [1.165, 1.54) is 35.3 Å². The van der Waals surface area contributed by atoms with Crippen molar-refractivity contribution in [3.63, 3.8) is 0 Å². The molecule has 0 spiro atoms. The Balaban J connectivity index is 0.000000356. The Morgan fingerprint density at radius 3 is 1.46 bits per heavy atom. The number of benzene rings is 2. The van der Waals surface area contributed by atoms with Crippen molar-refractivity contribution in [2.24, 2.45) is 0 Å². The van der Waals surface area contributed by atoms with Crippen molar-refractivity contribution in [2.75, 3.05) is 14.2 Å². The number of pyridine rings is 4. The molecule has 0 aliphatic rings. The van der Waals surface area contributed by atoms with Gasteiger partial charge in [-0.05, 0) is 139 Å². The Morgan fingerprint density at radius 1 is 0.615 bits per heavy atom. The topological polar surface area (TPSA) is 149 Å². The van der Waals surface area contributed by atoms with E-state index in [4.69, 9.17) is 42.8 Å². The number of hydrogen-bond donors (Lipinski definition) is 1. The molecule has 0 aliphatic carbocycles. The standard InChI is InChI=1S/C22H22N2O3S2.C17H18ClNO3S.C5H5NS.C4H9O.K/c1-22(2,3)27-21(25)20-17(28-16-10-8-15(26-4)9-11-16)12-13-19(24-20)29-18-7-5-6-14-23-18;1-17(2,3)22-16(20)15-13(9-10-14(18)19-15)23-12-7-5-11(21-4)6-8-12;7-5-3-1-2-4-6-5;1-4(2,3)5;/h5-14H,1-4H3;5-10H,1-4H3;1-4H,(H,6,7);1-3H3;/q;;;-1;+1. The van der Waals surface area contributed by atoms with Gasteiger partial charge in [-0.2, -0.15) is 0 Å². The number of rotatable bonds is 10. The summed E-state index contributed by atoms with van der Waals surface area (Å²) in [5, 5.41) is 11.9. The molecule has 0 amide bonds. The summed E-state index contributed by atoms with van der Waals surface area (Å²) >= 11 is 15.0. The Morgan fingerprint density at radius 2 is 1.08 bits per heavy atom. The average Bonchev–Trinajstić information content (AvgIpc) is 3.22. The summed E-state index contributed by atoms with van der Waals surface area (Å²) < 4.78 is 22.1. The molecule has 0 radical (unpaired) electrons. The van der Waals surface area contributed by atoms with Gasteiger partial charge in [0.25, 0.3) is 0 Å². The van der Waals surface area contributed by atoms with Crippen molar-refractivity contribution < 1.29 is 85.0 Å². The quantitative estimate of drug-likeness (QED) is 0.0601. The molecule has 0 saturated carbocycles. The summed E-state index contributed by atoms with van der Waals surface area (Å²) in [6.07, 6.45) is 3.54. The van der Waals surface area contributed by atoms with Gasteiger partial charge in [0.1, 0.15) is 42.5 Å². The molecule has 0 saturated heterocycles. The van der Waals surface area contributed by atoms with Crippen LogP contribution in [-0.2, 0) is 9.47 Å². The Kier molecular flexibility index (Phi) is 25.1. The van der Waals surface area contributed by atoms with Crippen LogP contribution in [0.5, 0.6) is 11.5 Å². The van der Waals surface area contributed by atoms with Crippen LogP contribution in [0.15, 0.2) is 151 Å². The van der Waals surface area contributed by atoms with Crippen LogP contribution in [-0.4, -0.2) is 62.9 Å². The van der Waals surface area contributed by atoms with E-state index in [9.17, 15) is 14.7 Å². The van der Waals surface area contributed by atoms with Crippen LogP contribution in [0.25, 0.3) is 0 Å². The number of aromatic nitrogens is 4. The molecule has 1 N–H and O–H groups in total. The third-order valence-corrected chi connectivity index (χ3v) is 10.4. The summed E-state index contributed by atoms with van der Waals surface area (Å²) in [5.74, 6) is 0.617. The maximum Gasteiger partial charge on any atom is 1.00 e. The molecule has 6 aromatic rings. The molecule has 0 atom stereocenters. The maximum absolute atomic E-state index is 12.8. The first-order valence-electron chi connectivity index (χ1n) is 19.7. The second kappa shape index (κ2) is 28.2. The summed E-state index contributed by atoms with van der Waals surface area (Å²) in [7, 11) is 3.25. The largest absolute Gasteiger partial charge is 1.00 e. The van der Waals surface area contributed by atoms with Gasteiger partial charge in [-0.25, -0.2) is 24.5 Å². The van der Waals surface area contributed by atoms with E-state index < -0.39 is 28.7 Å². The smallest absolute Gasteiger partial charge is 0.850 e. The molecule has 2 aromatic carbocycles. The molecule has 0 bridgehead atoms. The summed E-state index contributed by atoms with van der Waals surface area (Å²) in [6.45, 7) is 15.9. The minimum Gasteiger partial charge on any atom is -0.850 e. The first-order valence-corrected chi connectivity index (χ1v) is 23.0. The van der Waals surface area contributed by atoms with Crippen molar-refractivity contribution in [3.05, 3.63) is 143 Å². The molecule has 65 heavy (non-hydrogen) atoms. The zero-order valence-electron chi connectivity index (χ0n) is 38.8. The average molecular weight is 1000 g/mol. The van der Waals surface area contributed by atoms with Crippen molar-refractivity contribution >= 4 is 71.0 Å². The van der Waals surface area contributed by atoms with Crippen molar-refractivity contribution in [2.45, 2.75) is 109 Å². The molecule has 4 aromatic heterocycles. The fourth-order valence-corrected chi connectivity index (χ4v) is 7.27. The molecule has 6 rings (SSSR count). The minimum atomic E-state index is -0.750. The molecular formula is C48H54ClKN4O7S4. The van der Waals surface area contributed by atoms with Crippen LogP contribution >= 0.6 is 59.1 Å². The van der Waals surface area contributed by atoms with E-state index in [1.54, 1.807) is 53.3 Å². The fraction of sp³-hybridized carbons (Fsp3) is 0.292. The molecule has 17 heteroatoms. The van der Waals surface area contributed by atoms with Crippen LogP contribution in [0.4, 0.5) is 0 Å². The van der Waals surface area contributed by atoms with Gasteiger partial charge in [0, 0.05) is 32.0 Å². The number of aromatic amines is 1. The van der Waals surface area contributed by atoms with E-state index in [0.29, 0.717) is 15.6 Å². The van der Waals surface area contributed by atoms with Crippen LogP contribution in [0.2, 0.25) is 5.15 Å². The number of hydrogen-bond acceptors (Lipinski definition) is 14. The van der Waals surface area contributed by atoms with Crippen molar-refractivity contribution in [1.29, 1.82) is 0 Å². The van der Waals surface area contributed by atoms with Crippen LogP contribution in [0, 0.1) is 4.64 Å².